The molecule has 1 atom stereocenters. The van der Waals surface area contributed by atoms with Crippen molar-refractivity contribution in [3.05, 3.63) is 76.0 Å². The lowest BCUT2D eigenvalue weighted by Gasteiger charge is -2.29. The molecule has 2 aromatic heterocycles. The van der Waals surface area contributed by atoms with Crippen LogP contribution in [0.15, 0.2) is 60.0 Å². The van der Waals surface area contributed by atoms with Crippen LogP contribution in [0.1, 0.15) is 38.6 Å². The molecule has 4 aromatic rings. The summed E-state index contributed by atoms with van der Waals surface area (Å²) >= 11 is 1.61. The first-order valence-electron chi connectivity index (χ1n) is 11.3. The van der Waals surface area contributed by atoms with Crippen molar-refractivity contribution in [1.29, 1.82) is 0 Å². The van der Waals surface area contributed by atoms with Gasteiger partial charge in [0.15, 0.2) is 5.82 Å². The number of H-pyrrole nitrogens is 1. The van der Waals surface area contributed by atoms with Crippen LogP contribution in [0.5, 0.6) is 0 Å². The van der Waals surface area contributed by atoms with Gasteiger partial charge in [-0.3, -0.25) is 14.7 Å². The van der Waals surface area contributed by atoms with Crippen molar-refractivity contribution >= 4 is 45.6 Å². The van der Waals surface area contributed by atoms with E-state index in [1.807, 2.05) is 48.7 Å². The number of hydrogen-bond acceptors (Lipinski definition) is 6. The maximum absolute atomic E-state index is 12.9. The number of nitrogens with one attached hydrogen (secondary N) is 4. The molecule has 0 aliphatic carbocycles. The Morgan fingerprint density at radius 2 is 1.79 bits per heavy atom. The molecule has 1 aliphatic heterocycles. The fourth-order valence-corrected chi connectivity index (χ4v) is 4.80. The Balaban J connectivity index is 1.30. The van der Waals surface area contributed by atoms with E-state index in [1.165, 1.54) is 0 Å². The monoisotopic (exact) mass is 474 g/mol. The Bertz CT molecular complexity index is 1290. The van der Waals surface area contributed by atoms with Crippen LogP contribution in [-0.2, 0) is 0 Å². The molecular weight excluding hydrogens is 448 g/mol. The van der Waals surface area contributed by atoms with Gasteiger partial charge >= 0.3 is 0 Å². The fourth-order valence-electron chi connectivity index (χ4n) is 4.07. The predicted octanol–water partition coefficient (Wildman–Crippen LogP) is 3.78. The second kappa shape index (κ2) is 9.66. The topological polar surface area (TPSA) is 102 Å². The summed E-state index contributed by atoms with van der Waals surface area (Å²) in [6.45, 7) is 5.78. The molecule has 1 fully saturated rings. The van der Waals surface area contributed by atoms with Gasteiger partial charge < -0.3 is 20.9 Å². The average Bonchev–Trinajstić information content (AvgIpc) is 3.55. The second-order valence-electron chi connectivity index (χ2n) is 8.28. The van der Waals surface area contributed by atoms with Gasteiger partial charge in [-0.2, -0.15) is 5.10 Å². The SMILES string of the molecule is CC(NC(=O)c1ccc2[nH]nc(NC(=O)c3ccc(N4CCNCC4)cc3)c2c1)c1cccs1. The number of fused-ring (bicyclic) bond motifs is 1. The third kappa shape index (κ3) is 4.66. The Kier molecular flexibility index (Phi) is 6.29. The van der Waals surface area contributed by atoms with E-state index in [0.717, 1.165) is 42.3 Å². The Morgan fingerprint density at radius 1 is 1.03 bits per heavy atom. The highest BCUT2D eigenvalue weighted by Crippen LogP contribution is 2.24. The molecule has 3 heterocycles. The number of hydrogen-bond donors (Lipinski definition) is 4. The van der Waals surface area contributed by atoms with Gasteiger partial charge in [0.05, 0.1) is 11.6 Å². The van der Waals surface area contributed by atoms with Crippen LogP contribution >= 0.6 is 11.3 Å². The van der Waals surface area contributed by atoms with Gasteiger partial charge in [-0.15, -0.1) is 11.3 Å². The largest absolute Gasteiger partial charge is 0.369 e. The smallest absolute Gasteiger partial charge is 0.256 e. The number of thiophene rings is 1. The minimum Gasteiger partial charge on any atom is -0.369 e. The van der Waals surface area contributed by atoms with E-state index >= 15 is 0 Å². The first-order chi connectivity index (χ1) is 16.6. The number of amides is 2. The quantitative estimate of drug-likeness (QED) is 0.341. The van der Waals surface area contributed by atoms with Crippen molar-refractivity contribution in [2.45, 2.75) is 13.0 Å². The molecule has 0 bridgehead atoms. The number of carbonyl (C=O) groups is 2. The van der Waals surface area contributed by atoms with Crippen molar-refractivity contribution in [3.63, 3.8) is 0 Å². The zero-order chi connectivity index (χ0) is 23.5. The van der Waals surface area contributed by atoms with Crippen LogP contribution in [0.25, 0.3) is 10.9 Å². The van der Waals surface area contributed by atoms with Crippen molar-refractivity contribution in [1.82, 2.24) is 20.8 Å². The molecule has 4 N–H and O–H groups in total. The number of aromatic amines is 1. The van der Waals surface area contributed by atoms with Crippen LogP contribution in [0.4, 0.5) is 11.5 Å². The average molecular weight is 475 g/mol. The predicted molar refractivity (Wildman–Crippen MR) is 136 cm³/mol. The number of nitrogens with zero attached hydrogens (tertiary/aromatic N) is 2. The highest BCUT2D eigenvalue weighted by atomic mass is 32.1. The Morgan fingerprint density at radius 3 is 2.53 bits per heavy atom. The summed E-state index contributed by atoms with van der Waals surface area (Å²) in [6, 6.07) is 16.8. The van der Waals surface area contributed by atoms with Crippen molar-refractivity contribution in [3.8, 4) is 0 Å². The summed E-state index contributed by atoms with van der Waals surface area (Å²) in [5.74, 6) is -0.0293. The maximum Gasteiger partial charge on any atom is 0.256 e. The Labute approximate surface area is 201 Å². The summed E-state index contributed by atoms with van der Waals surface area (Å²) in [7, 11) is 0. The van der Waals surface area contributed by atoms with Crippen LogP contribution in [0.3, 0.4) is 0 Å². The summed E-state index contributed by atoms with van der Waals surface area (Å²) in [4.78, 5) is 29.1. The molecule has 0 spiro atoms. The molecule has 0 radical (unpaired) electrons. The van der Waals surface area contributed by atoms with Gasteiger partial charge in [0.1, 0.15) is 0 Å². The number of carbonyl (C=O) groups excluding carboxylic acids is 2. The van der Waals surface area contributed by atoms with E-state index in [9.17, 15) is 9.59 Å². The molecule has 2 amide bonds. The van der Waals surface area contributed by atoms with Gasteiger partial charge in [0, 0.05) is 53.3 Å². The second-order valence-corrected chi connectivity index (χ2v) is 9.26. The molecule has 8 nitrogen and oxygen atoms in total. The van der Waals surface area contributed by atoms with E-state index in [1.54, 1.807) is 29.5 Å². The maximum atomic E-state index is 12.9. The number of piperazine rings is 1. The van der Waals surface area contributed by atoms with Crippen LogP contribution in [0.2, 0.25) is 0 Å². The standard InChI is InChI=1S/C25H26N6O2S/c1-16(22-3-2-14-34-22)27-25(33)18-6-9-21-20(15-18)23(30-29-21)28-24(32)17-4-7-19(8-5-17)31-12-10-26-11-13-31/h2-9,14-16,26H,10-13H2,1H3,(H,27,33)(H2,28,29,30,32). The molecule has 34 heavy (non-hydrogen) atoms. The lowest BCUT2D eigenvalue weighted by molar-refractivity contribution is 0.0940. The van der Waals surface area contributed by atoms with E-state index in [4.69, 9.17) is 0 Å². The summed E-state index contributed by atoms with van der Waals surface area (Å²) < 4.78 is 0. The van der Waals surface area contributed by atoms with Crippen molar-refractivity contribution in [2.75, 3.05) is 36.4 Å². The first kappa shape index (κ1) is 22.1. The van der Waals surface area contributed by atoms with E-state index in [-0.39, 0.29) is 17.9 Å². The van der Waals surface area contributed by atoms with Gasteiger partial charge in [-0.05, 0) is 60.8 Å². The van der Waals surface area contributed by atoms with E-state index in [2.05, 4.69) is 31.0 Å². The lowest BCUT2D eigenvalue weighted by atomic mass is 10.1. The van der Waals surface area contributed by atoms with Gasteiger partial charge in [0.25, 0.3) is 11.8 Å². The van der Waals surface area contributed by atoms with Crippen LogP contribution in [0, 0.1) is 0 Å². The number of rotatable bonds is 6. The van der Waals surface area contributed by atoms with E-state index in [0.29, 0.717) is 22.3 Å². The third-order valence-electron chi connectivity index (χ3n) is 5.99. The number of anilines is 2. The van der Waals surface area contributed by atoms with Crippen molar-refractivity contribution in [2.24, 2.45) is 0 Å². The van der Waals surface area contributed by atoms with Crippen molar-refractivity contribution < 1.29 is 9.59 Å². The zero-order valence-corrected chi connectivity index (χ0v) is 19.6. The molecule has 9 heteroatoms. The molecule has 0 saturated carbocycles. The molecule has 5 rings (SSSR count). The molecule has 1 unspecified atom stereocenters. The molecule has 174 valence electrons. The summed E-state index contributed by atoms with van der Waals surface area (Å²) in [6.07, 6.45) is 0. The minimum atomic E-state index is -0.249. The highest BCUT2D eigenvalue weighted by Gasteiger charge is 2.17. The summed E-state index contributed by atoms with van der Waals surface area (Å²) in [5, 5.41) is 19.1. The van der Waals surface area contributed by atoms with Gasteiger partial charge in [0.2, 0.25) is 0 Å². The number of aromatic nitrogens is 2. The molecule has 2 aromatic carbocycles. The fraction of sp³-hybridized carbons (Fsp3) is 0.240. The molecular formula is C25H26N6O2S. The van der Waals surface area contributed by atoms with Crippen LogP contribution in [-0.4, -0.2) is 48.2 Å². The van der Waals surface area contributed by atoms with Crippen LogP contribution < -0.4 is 20.9 Å². The van der Waals surface area contributed by atoms with Gasteiger partial charge in [-0.25, -0.2) is 0 Å². The third-order valence-corrected chi connectivity index (χ3v) is 7.04. The van der Waals surface area contributed by atoms with E-state index < -0.39 is 0 Å². The normalized spacial score (nSPS) is 14.7. The first-order valence-corrected chi connectivity index (χ1v) is 12.2. The Hall–Kier alpha value is -3.69. The molecule has 1 saturated heterocycles. The minimum absolute atomic E-state index is 0.0871. The summed E-state index contributed by atoms with van der Waals surface area (Å²) in [5.41, 5.74) is 2.91. The number of benzene rings is 2. The zero-order valence-electron chi connectivity index (χ0n) is 18.8. The lowest BCUT2D eigenvalue weighted by Crippen LogP contribution is -2.43. The highest BCUT2D eigenvalue weighted by molar-refractivity contribution is 7.10. The molecule has 1 aliphatic rings. The van der Waals surface area contributed by atoms with Gasteiger partial charge in [-0.1, -0.05) is 6.07 Å².